The molecule has 1 atom stereocenters. The van der Waals surface area contributed by atoms with Crippen molar-refractivity contribution >= 4 is 34.3 Å². The lowest BCUT2D eigenvalue weighted by Crippen LogP contribution is -2.27. The van der Waals surface area contributed by atoms with Crippen LogP contribution in [0, 0.1) is 5.92 Å². The molecule has 1 unspecified atom stereocenters. The van der Waals surface area contributed by atoms with E-state index < -0.39 is 11.9 Å². The molecule has 0 saturated carbocycles. The summed E-state index contributed by atoms with van der Waals surface area (Å²) >= 11 is 0. The summed E-state index contributed by atoms with van der Waals surface area (Å²) in [4.78, 5) is 41.9. The number of aromatic amines is 1. The summed E-state index contributed by atoms with van der Waals surface area (Å²) in [6.45, 7) is 2.00. The number of amides is 1. The average molecular weight is 390 g/mol. The molecule has 3 aromatic rings. The highest BCUT2D eigenvalue weighted by atomic mass is 16.5. The molecule has 0 bridgehead atoms. The lowest BCUT2D eigenvalue weighted by molar-refractivity contribution is -0.147. The number of anilines is 1. The number of carbonyl (C=O) groups excluding carboxylic acids is 3. The number of fused-ring (bicyclic) bond motifs is 1. The summed E-state index contributed by atoms with van der Waals surface area (Å²) in [6.07, 6.45) is 2.64. The molecule has 0 aliphatic carbocycles. The van der Waals surface area contributed by atoms with Gasteiger partial charge in [0.1, 0.15) is 0 Å². The van der Waals surface area contributed by atoms with Gasteiger partial charge in [0.2, 0.25) is 11.7 Å². The van der Waals surface area contributed by atoms with E-state index in [4.69, 9.17) is 4.74 Å². The number of rotatable bonds is 6. The highest BCUT2D eigenvalue weighted by Crippen LogP contribution is 2.26. The fourth-order valence-corrected chi connectivity index (χ4v) is 3.66. The number of benzene rings is 2. The van der Waals surface area contributed by atoms with E-state index in [-0.39, 0.29) is 31.3 Å². The molecule has 6 heteroatoms. The first-order valence-electron chi connectivity index (χ1n) is 9.72. The van der Waals surface area contributed by atoms with Crippen molar-refractivity contribution in [2.45, 2.75) is 19.8 Å². The monoisotopic (exact) mass is 390 g/mol. The van der Waals surface area contributed by atoms with Gasteiger partial charge in [-0.1, -0.05) is 37.3 Å². The fourth-order valence-electron chi connectivity index (χ4n) is 3.66. The van der Waals surface area contributed by atoms with Gasteiger partial charge in [0.05, 0.1) is 5.92 Å². The SMILES string of the molecule is CCc1ccc(N2CC(C(=O)OCC(=O)c3c[nH]c4ccccc34)CC2=O)cc1. The molecule has 1 aliphatic rings. The Labute approximate surface area is 168 Å². The normalized spacial score (nSPS) is 16.4. The number of para-hydroxylation sites is 1. The van der Waals surface area contributed by atoms with Crippen molar-refractivity contribution in [1.29, 1.82) is 0 Å². The maximum absolute atomic E-state index is 12.5. The summed E-state index contributed by atoms with van der Waals surface area (Å²) < 4.78 is 5.25. The van der Waals surface area contributed by atoms with E-state index in [1.165, 1.54) is 5.56 Å². The standard InChI is InChI=1S/C23H22N2O4/c1-2-15-7-9-17(10-8-15)25-13-16(11-22(25)27)23(28)29-14-21(26)19-12-24-20-6-4-3-5-18(19)20/h3-10,12,16,24H,2,11,13-14H2,1H3. The fraction of sp³-hybridized carbons (Fsp3) is 0.261. The van der Waals surface area contributed by atoms with Crippen LogP contribution >= 0.6 is 0 Å². The van der Waals surface area contributed by atoms with Crippen molar-refractivity contribution in [2.24, 2.45) is 5.92 Å². The highest BCUT2D eigenvalue weighted by Gasteiger charge is 2.36. The Hall–Kier alpha value is -3.41. The van der Waals surface area contributed by atoms with Gasteiger partial charge >= 0.3 is 5.97 Å². The predicted octanol–water partition coefficient (Wildman–Crippen LogP) is 3.51. The number of nitrogens with zero attached hydrogens (tertiary/aromatic N) is 1. The number of H-pyrrole nitrogens is 1. The molecule has 6 nitrogen and oxygen atoms in total. The maximum Gasteiger partial charge on any atom is 0.311 e. The van der Waals surface area contributed by atoms with Crippen LogP contribution < -0.4 is 4.90 Å². The Morgan fingerprint density at radius 3 is 2.66 bits per heavy atom. The number of aromatic nitrogens is 1. The van der Waals surface area contributed by atoms with Gasteiger partial charge in [-0.3, -0.25) is 14.4 Å². The summed E-state index contributed by atoms with van der Waals surface area (Å²) in [6, 6.07) is 15.2. The third kappa shape index (κ3) is 3.78. The second kappa shape index (κ2) is 7.91. The molecule has 0 radical (unpaired) electrons. The second-order valence-corrected chi connectivity index (χ2v) is 7.20. The van der Waals surface area contributed by atoms with Crippen molar-refractivity contribution in [2.75, 3.05) is 18.1 Å². The van der Waals surface area contributed by atoms with Crippen LogP contribution in [0.2, 0.25) is 0 Å². The van der Waals surface area contributed by atoms with Crippen LogP contribution in [0.4, 0.5) is 5.69 Å². The minimum atomic E-state index is -0.566. The minimum absolute atomic E-state index is 0.0929. The van der Waals surface area contributed by atoms with Crippen molar-refractivity contribution in [3.8, 4) is 0 Å². The Balaban J connectivity index is 1.37. The number of nitrogens with one attached hydrogen (secondary N) is 1. The van der Waals surface area contributed by atoms with Gasteiger partial charge in [-0.2, -0.15) is 0 Å². The molecule has 1 aliphatic heterocycles. The molecule has 1 saturated heterocycles. The molecule has 0 spiro atoms. The van der Waals surface area contributed by atoms with E-state index in [9.17, 15) is 14.4 Å². The zero-order valence-corrected chi connectivity index (χ0v) is 16.2. The van der Waals surface area contributed by atoms with Crippen LogP contribution in [0.25, 0.3) is 10.9 Å². The van der Waals surface area contributed by atoms with Crippen LogP contribution in [0.5, 0.6) is 0 Å². The molecular weight excluding hydrogens is 368 g/mol. The zero-order chi connectivity index (χ0) is 20.4. The van der Waals surface area contributed by atoms with Gasteiger partial charge in [-0.25, -0.2) is 0 Å². The van der Waals surface area contributed by atoms with E-state index in [1.54, 1.807) is 11.1 Å². The van der Waals surface area contributed by atoms with Gasteiger partial charge in [0.15, 0.2) is 6.61 Å². The van der Waals surface area contributed by atoms with Crippen LogP contribution in [-0.4, -0.2) is 35.8 Å². The number of carbonyl (C=O) groups is 3. The first-order chi connectivity index (χ1) is 14.1. The molecule has 4 rings (SSSR count). The first kappa shape index (κ1) is 18.9. The Kier molecular flexibility index (Phi) is 5.16. The first-order valence-corrected chi connectivity index (χ1v) is 9.72. The Morgan fingerprint density at radius 2 is 1.90 bits per heavy atom. The van der Waals surface area contributed by atoms with Crippen LogP contribution in [0.3, 0.4) is 0 Å². The molecule has 1 fully saturated rings. The molecule has 148 valence electrons. The lowest BCUT2D eigenvalue weighted by atomic mass is 10.1. The van der Waals surface area contributed by atoms with Crippen molar-refractivity contribution < 1.29 is 19.1 Å². The van der Waals surface area contributed by atoms with E-state index in [0.29, 0.717) is 5.56 Å². The topological polar surface area (TPSA) is 79.5 Å². The van der Waals surface area contributed by atoms with E-state index in [1.807, 2.05) is 48.5 Å². The zero-order valence-electron chi connectivity index (χ0n) is 16.2. The predicted molar refractivity (Wildman–Crippen MR) is 110 cm³/mol. The quantitative estimate of drug-likeness (QED) is 0.516. The molecule has 1 aromatic heterocycles. The number of ketones is 1. The van der Waals surface area contributed by atoms with E-state index >= 15 is 0 Å². The second-order valence-electron chi connectivity index (χ2n) is 7.20. The summed E-state index contributed by atoms with van der Waals surface area (Å²) in [5.41, 5.74) is 3.31. The summed E-state index contributed by atoms with van der Waals surface area (Å²) in [5, 5.41) is 0.797. The van der Waals surface area contributed by atoms with Crippen LogP contribution in [-0.2, 0) is 20.7 Å². The van der Waals surface area contributed by atoms with E-state index in [2.05, 4.69) is 11.9 Å². The third-order valence-electron chi connectivity index (χ3n) is 5.35. The number of hydrogen-bond acceptors (Lipinski definition) is 4. The third-order valence-corrected chi connectivity index (χ3v) is 5.35. The van der Waals surface area contributed by atoms with Crippen molar-refractivity contribution in [3.05, 3.63) is 65.9 Å². The Bertz CT molecular complexity index is 1070. The number of ether oxygens (including phenoxy) is 1. The number of esters is 1. The average Bonchev–Trinajstić information content (AvgIpc) is 3.35. The molecule has 2 heterocycles. The largest absolute Gasteiger partial charge is 0.457 e. The van der Waals surface area contributed by atoms with Gasteiger partial charge in [0, 0.05) is 41.3 Å². The van der Waals surface area contributed by atoms with Gasteiger partial charge in [0.25, 0.3) is 0 Å². The smallest absolute Gasteiger partial charge is 0.311 e. The molecule has 1 amide bonds. The van der Waals surface area contributed by atoms with Gasteiger partial charge in [-0.05, 0) is 30.2 Å². The van der Waals surface area contributed by atoms with E-state index in [0.717, 1.165) is 23.0 Å². The van der Waals surface area contributed by atoms with Gasteiger partial charge in [-0.15, -0.1) is 0 Å². The lowest BCUT2D eigenvalue weighted by Gasteiger charge is -2.17. The summed E-state index contributed by atoms with van der Waals surface area (Å²) in [5.74, 6) is -1.46. The summed E-state index contributed by atoms with van der Waals surface area (Å²) in [7, 11) is 0. The molecular formula is C23H22N2O4. The highest BCUT2D eigenvalue weighted by molar-refractivity contribution is 6.09. The Morgan fingerprint density at radius 1 is 1.14 bits per heavy atom. The molecule has 2 aromatic carbocycles. The number of aryl methyl sites for hydroxylation is 1. The molecule has 29 heavy (non-hydrogen) atoms. The van der Waals surface area contributed by atoms with Crippen LogP contribution in [0.15, 0.2) is 54.7 Å². The number of Topliss-reactive ketones (excluding diaryl/α,β-unsaturated/α-hetero) is 1. The van der Waals surface area contributed by atoms with Gasteiger partial charge < -0.3 is 14.6 Å². The van der Waals surface area contributed by atoms with Crippen LogP contribution in [0.1, 0.15) is 29.3 Å². The molecule has 1 N–H and O–H groups in total. The van der Waals surface area contributed by atoms with Crippen molar-refractivity contribution in [3.63, 3.8) is 0 Å². The van der Waals surface area contributed by atoms with Crippen molar-refractivity contribution in [1.82, 2.24) is 4.98 Å². The minimum Gasteiger partial charge on any atom is -0.457 e. The number of hydrogen-bond donors (Lipinski definition) is 1. The maximum atomic E-state index is 12.5.